The number of thiophene rings is 1. The van der Waals surface area contributed by atoms with Crippen molar-refractivity contribution in [1.82, 2.24) is 0 Å². The molecule has 1 aromatic rings. The Hall–Kier alpha value is -1.56. The molecule has 0 saturated carbocycles. The van der Waals surface area contributed by atoms with Gasteiger partial charge < -0.3 is 5.73 Å². The van der Waals surface area contributed by atoms with Gasteiger partial charge in [-0.2, -0.15) is 5.26 Å². The second-order valence-electron chi connectivity index (χ2n) is 3.19. The zero-order chi connectivity index (χ0) is 10.1. The maximum Gasteiger partial charge on any atom is 0.128 e. The number of anilines is 1. The lowest BCUT2D eigenvalue weighted by Crippen LogP contribution is -2.00. The van der Waals surface area contributed by atoms with Crippen molar-refractivity contribution in [2.45, 2.75) is 19.3 Å². The molecule has 1 aliphatic rings. The maximum atomic E-state index is 10.7. The van der Waals surface area contributed by atoms with E-state index in [0.717, 1.165) is 23.3 Å². The monoisotopic (exact) mass is 204 g/mol. The molecule has 14 heavy (non-hydrogen) atoms. The minimum atomic E-state index is 0.461. The van der Waals surface area contributed by atoms with E-state index < -0.39 is 0 Å². The van der Waals surface area contributed by atoms with Crippen LogP contribution in [0.5, 0.6) is 0 Å². The Morgan fingerprint density at radius 2 is 2.21 bits per heavy atom. The van der Waals surface area contributed by atoms with Crippen LogP contribution in [0.15, 0.2) is 0 Å². The average Bonchev–Trinajstić information content (AvgIpc) is 2.52. The Morgan fingerprint density at radius 3 is 2.86 bits per heavy atom. The Morgan fingerprint density at radius 1 is 1.43 bits per heavy atom. The third kappa shape index (κ3) is 1.15. The van der Waals surface area contributed by atoms with E-state index in [0.29, 0.717) is 22.6 Å². The molecule has 1 heterocycles. The average molecular weight is 204 g/mol. The predicted molar refractivity (Wildman–Crippen MR) is 55.5 cm³/mol. The summed E-state index contributed by atoms with van der Waals surface area (Å²) in [5, 5.41) is 9.43. The van der Waals surface area contributed by atoms with Crippen molar-refractivity contribution in [3.63, 3.8) is 0 Å². The van der Waals surface area contributed by atoms with Crippen LogP contribution in [0, 0.1) is 11.3 Å². The van der Waals surface area contributed by atoms with E-state index in [1.54, 1.807) is 0 Å². The largest absolute Gasteiger partial charge is 0.389 e. The number of nitriles is 1. The molecule has 0 spiro atoms. The Bertz CT molecular complexity index is 475. The van der Waals surface area contributed by atoms with E-state index in [1.165, 1.54) is 11.3 Å². The number of hydrogen-bond donors (Lipinski definition) is 1. The van der Waals surface area contributed by atoms with E-state index >= 15 is 0 Å². The minimum absolute atomic E-state index is 0.461. The van der Waals surface area contributed by atoms with E-state index in [2.05, 4.69) is 6.07 Å². The van der Waals surface area contributed by atoms with Crippen LogP contribution in [-0.4, -0.2) is 5.94 Å². The van der Waals surface area contributed by atoms with Gasteiger partial charge in [-0.05, 0) is 19.3 Å². The SMILES string of the molecule is N#Cc1c(N)sc2c1C(=C=O)CCC2. The number of nitrogen functional groups attached to an aromatic ring is 1. The first kappa shape index (κ1) is 9.01. The summed E-state index contributed by atoms with van der Waals surface area (Å²) in [4.78, 5) is 11.8. The highest BCUT2D eigenvalue weighted by Crippen LogP contribution is 2.40. The van der Waals surface area contributed by atoms with Gasteiger partial charge in [-0.3, -0.25) is 0 Å². The number of nitrogens with two attached hydrogens (primary N) is 1. The lowest BCUT2D eigenvalue weighted by atomic mass is 9.92. The molecule has 1 aromatic heterocycles. The lowest BCUT2D eigenvalue weighted by Gasteiger charge is -2.11. The molecular weight excluding hydrogens is 196 g/mol. The van der Waals surface area contributed by atoms with Crippen LogP contribution in [-0.2, 0) is 11.2 Å². The van der Waals surface area contributed by atoms with Gasteiger partial charge in [0.2, 0.25) is 0 Å². The van der Waals surface area contributed by atoms with E-state index in [-0.39, 0.29) is 0 Å². The van der Waals surface area contributed by atoms with Crippen LogP contribution in [0.1, 0.15) is 28.8 Å². The molecule has 4 heteroatoms. The van der Waals surface area contributed by atoms with Crippen LogP contribution in [0.2, 0.25) is 0 Å². The molecule has 0 saturated heterocycles. The molecule has 70 valence electrons. The number of carbonyl (C=O) groups excluding carboxylic acids is 1. The van der Waals surface area contributed by atoms with Crippen molar-refractivity contribution in [3.05, 3.63) is 16.0 Å². The lowest BCUT2D eigenvalue weighted by molar-refractivity contribution is 0.568. The van der Waals surface area contributed by atoms with Crippen molar-refractivity contribution >= 4 is 27.9 Å². The first-order valence-electron chi connectivity index (χ1n) is 4.33. The maximum absolute atomic E-state index is 10.7. The van der Waals surface area contributed by atoms with Gasteiger partial charge in [-0.15, -0.1) is 11.3 Å². The van der Waals surface area contributed by atoms with Crippen molar-refractivity contribution in [2.75, 3.05) is 5.73 Å². The van der Waals surface area contributed by atoms with Crippen molar-refractivity contribution in [3.8, 4) is 6.07 Å². The fourth-order valence-electron chi connectivity index (χ4n) is 1.76. The summed E-state index contributed by atoms with van der Waals surface area (Å²) >= 11 is 1.42. The van der Waals surface area contributed by atoms with Crippen LogP contribution in [0.4, 0.5) is 5.00 Å². The molecule has 2 rings (SSSR count). The van der Waals surface area contributed by atoms with Gasteiger partial charge in [0.15, 0.2) is 0 Å². The zero-order valence-electron chi connectivity index (χ0n) is 7.46. The summed E-state index contributed by atoms with van der Waals surface area (Å²) in [6.07, 6.45) is 2.57. The number of fused-ring (bicyclic) bond motifs is 1. The van der Waals surface area contributed by atoms with Gasteiger partial charge in [-0.1, -0.05) is 0 Å². The van der Waals surface area contributed by atoms with Crippen LogP contribution in [0.25, 0.3) is 5.57 Å². The van der Waals surface area contributed by atoms with Gasteiger partial charge in [-0.25, -0.2) is 4.79 Å². The summed E-state index contributed by atoms with van der Waals surface area (Å²) < 4.78 is 0. The quantitative estimate of drug-likeness (QED) is 0.655. The van der Waals surface area contributed by atoms with Crippen LogP contribution >= 0.6 is 11.3 Å². The topological polar surface area (TPSA) is 66.9 Å². The van der Waals surface area contributed by atoms with E-state index in [1.807, 2.05) is 5.94 Å². The van der Waals surface area contributed by atoms with E-state index in [9.17, 15) is 4.79 Å². The predicted octanol–water partition coefficient (Wildman–Crippen LogP) is 1.75. The van der Waals surface area contributed by atoms with Gasteiger partial charge in [0.25, 0.3) is 0 Å². The molecule has 0 radical (unpaired) electrons. The van der Waals surface area contributed by atoms with Crippen molar-refractivity contribution in [2.24, 2.45) is 0 Å². The summed E-state index contributed by atoms with van der Waals surface area (Å²) in [7, 11) is 0. The Labute approximate surface area is 85.5 Å². The van der Waals surface area contributed by atoms with Crippen molar-refractivity contribution in [1.29, 1.82) is 5.26 Å². The number of rotatable bonds is 0. The Kier molecular flexibility index (Phi) is 2.12. The second kappa shape index (κ2) is 3.30. The standard InChI is InChI=1S/C10H8N2OS/c11-4-7-9-6(5-13)2-1-3-8(9)14-10(7)12/h1-3,12H2. The summed E-state index contributed by atoms with van der Waals surface area (Å²) in [6.45, 7) is 0. The minimum Gasteiger partial charge on any atom is -0.389 e. The molecular formula is C10H8N2OS. The van der Waals surface area contributed by atoms with Gasteiger partial charge in [0.1, 0.15) is 17.0 Å². The molecule has 0 amide bonds. The summed E-state index contributed by atoms with van der Waals surface area (Å²) in [5.74, 6) is 1.91. The third-order valence-electron chi connectivity index (χ3n) is 2.38. The normalized spacial score (nSPS) is 14.4. The molecule has 0 bridgehead atoms. The fraction of sp³-hybridized carbons (Fsp3) is 0.300. The van der Waals surface area contributed by atoms with Crippen molar-refractivity contribution < 1.29 is 4.79 Å². The molecule has 0 fully saturated rings. The van der Waals surface area contributed by atoms with Gasteiger partial charge in [0, 0.05) is 16.0 Å². The second-order valence-corrected chi connectivity index (χ2v) is 4.32. The van der Waals surface area contributed by atoms with Crippen LogP contribution in [0.3, 0.4) is 0 Å². The van der Waals surface area contributed by atoms with Gasteiger partial charge >= 0.3 is 0 Å². The molecule has 2 N–H and O–H groups in total. The molecule has 0 atom stereocenters. The molecule has 0 aliphatic heterocycles. The highest BCUT2D eigenvalue weighted by molar-refractivity contribution is 7.16. The highest BCUT2D eigenvalue weighted by atomic mass is 32.1. The van der Waals surface area contributed by atoms with Gasteiger partial charge in [0.05, 0.1) is 5.56 Å². The molecule has 0 unspecified atom stereocenters. The summed E-state index contributed by atoms with van der Waals surface area (Å²) in [5.41, 5.74) is 7.53. The molecule has 0 aromatic carbocycles. The van der Waals surface area contributed by atoms with Crippen LogP contribution < -0.4 is 5.73 Å². The number of allylic oxidation sites excluding steroid dienone is 1. The first-order valence-corrected chi connectivity index (χ1v) is 5.15. The fourth-order valence-corrected chi connectivity index (χ4v) is 2.85. The number of aryl methyl sites for hydroxylation is 1. The zero-order valence-corrected chi connectivity index (χ0v) is 8.28. The third-order valence-corrected chi connectivity index (χ3v) is 3.45. The number of hydrogen-bond acceptors (Lipinski definition) is 4. The highest BCUT2D eigenvalue weighted by Gasteiger charge is 2.23. The smallest absolute Gasteiger partial charge is 0.128 e. The van der Waals surface area contributed by atoms with E-state index in [4.69, 9.17) is 11.0 Å². The number of nitrogens with zero attached hydrogens (tertiary/aromatic N) is 1. The first-order chi connectivity index (χ1) is 6.77. The molecule has 3 nitrogen and oxygen atoms in total. The Balaban J connectivity index is 2.73. The summed E-state index contributed by atoms with van der Waals surface area (Å²) in [6, 6.07) is 2.05. The molecule has 1 aliphatic carbocycles.